The van der Waals surface area contributed by atoms with Crippen LogP contribution in [0.15, 0.2) is 53.0 Å². The summed E-state index contributed by atoms with van der Waals surface area (Å²) < 4.78 is 0.874. The smallest absolute Gasteiger partial charge is 0.267 e. The van der Waals surface area contributed by atoms with Crippen LogP contribution in [0, 0.1) is 0 Å². The molecule has 0 aliphatic carbocycles. The number of benzene rings is 2. The van der Waals surface area contributed by atoms with Crippen molar-refractivity contribution < 1.29 is 9.59 Å². The van der Waals surface area contributed by atoms with Crippen molar-refractivity contribution >= 4 is 39.3 Å². The number of hydrogen-bond acceptors (Lipinski definition) is 2. The standard InChI is InChI=1S/C14H10BrClN2O2/c15-11-5-1-9(2-6-11)13(19)17-18-14(20)10-3-7-12(16)8-4-10/h1-8H,(H,17,19)(H,18,20). The first-order chi connectivity index (χ1) is 9.56. The molecule has 0 atom stereocenters. The van der Waals surface area contributed by atoms with E-state index in [4.69, 9.17) is 11.6 Å². The minimum Gasteiger partial charge on any atom is -0.267 e. The molecule has 0 saturated heterocycles. The van der Waals surface area contributed by atoms with Crippen molar-refractivity contribution in [3.63, 3.8) is 0 Å². The van der Waals surface area contributed by atoms with Gasteiger partial charge in [0.15, 0.2) is 0 Å². The largest absolute Gasteiger partial charge is 0.269 e. The highest BCUT2D eigenvalue weighted by atomic mass is 79.9. The van der Waals surface area contributed by atoms with Crippen molar-refractivity contribution in [3.05, 3.63) is 69.2 Å². The van der Waals surface area contributed by atoms with Crippen LogP contribution in [0.1, 0.15) is 20.7 Å². The highest BCUT2D eigenvalue weighted by molar-refractivity contribution is 9.10. The van der Waals surface area contributed by atoms with Gasteiger partial charge in [-0.1, -0.05) is 27.5 Å². The zero-order valence-electron chi connectivity index (χ0n) is 10.2. The lowest BCUT2D eigenvalue weighted by atomic mass is 10.2. The molecule has 0 spiro atoms. The van der Waals surface area contributed by atoms with Gasteiger partial charge in [0, 0.05) is 20.6 Å². The van der Waals surface area contributed by atoms with Crippen LogP contribution in [0.5, 0.6) is 0 Å². The van der Waals surface area contributed by atoms with E-state index < -0.39 is 5.91 Å². The molecular weight excluding hydrogens is 344 g/mol. The first-order valence-corrected chi connectivity index (χ1v) is 6.85. The third-order valence-electron chi connectivity index (χ3n) is 2.50. The Labute approximate surface area is 129 Å². The zero-order chi connectivity index (χ0) is 14.5. The summed E-state index contributed by atoms with van der Waals surface area (Å²) >= 11 is 9.01. The molecule has 0 aliphatic rings. The van der Waals surface area contributed by atoms with E-state index in [1.54, 1.807) is 48.5 Å². The molecule has 0 heterocycles. The molecule has 0 radical (unpaired) electrons. The van der Waals surface area contributed by atoms with Crippen molar-refractivity contribution in [1.82, 2.24) is 10.9 Å². The molecule has 2 N–H and O–H groups in total. The molecule has 102 valence electrons. The minimum atomic E-state index is -0.410. The number of hydrazine groups is 1. The van der Waals surface area contributed by atoms with Crippen LogP contribution in [-0.2, 0) is 0 Å². The normalized spacial score (nSPS) is 9.90. The Morgan fingerprint density at radius 2 is 1.20 bits per heavy atom. The lowest BCUT2D eigenvalue weighted by Gasteiger charge is -2.07. The van der Waals surface area contributed by atoms with Crippen molar-refractivity contribution in [2.24, 2.45) is 0 Å². The Kier molecular flexibility index (Phi) is 4.76. The van der Waals surface area contributed by atoms with Gasteiger partial charge in [-0.15, -0.1) is 0 Å². The monoisotopic (exact) mass is 352 g/mol. The first kappa shape index (κ1) is 14.6. The van der Waals surface area contributed by atoms with Crippen LogP contribution >= 0.6 is 27.5 Å². The Hall–Kier alpha value is -1.85. The molecule has 2 amide bonds. The maximum Gasteiger partial charge on any atom is 0.269 e. The van der Waals surface area contributed by atoms with E-state index in [1.807, 2.05) is 0 Å². The average molecular weight is 354 g/mol. The zero-order valence-corrected chi connectivity index (χ0v) is 12.5. The van der Waals surface area contributed by atoms with Crippen molar-refractivity contribution in [3.8, 4) is 0 Å². The molecule has 2 aromatic rings. The van der Waals surface area contributed by atoms with Gasteiger partial charge in [0.25, 0.3) is 11.8 Å². The molecule has 0 aliphatic heterocycles. The lowest BCUT2D eigenvalue weighted by molar-refractivity contribution is 0.0846. The molecular formula is C14H10BrClN2O2. The topological polar surface area (TPSA) is 58.2 Å². The Balaban J connectivity index is 1.94. The predicted octanol–water partition coefficient (Wildman–Crippen LogP) is 3.18. The van der Waals surface area contributed by atoms with Crippen molar-refractivity contribution in [2.45, 2.75) is 0 Å². The summed E-state index contributed by atoms with van der Waals surface area (Å²) in [7, 11) is 0. The Bertz CT molecular complexity index is 569. The second-order valence-electron chi connectivity index (χ2n) is 3.92. The van der Waals surface area contributed by atoms with E-state index >= 15 is 0 Å². The molecule has 20 heavy (non-hydrogen) atoms. The van der Waals surface area contributed by atoms with Crippen LogP contribution in [0.3, 0.4) is 0 Å². The molecule has 4 nitrogen and oxygen atoms in total. The van der Waals surface area contributed by atoms with Gasteiger partial charge in [-0.3, -0.25) is 20.4 Å². The van der Waals surface area contributed by atoms with Gasteiger partial charge in [0.05, 0.1) is 0 Å². The summed E-state index contributed by atoms with van der Waals surface area (Å²) in [5.41, 5.74) is 5.54. The molecule has 0 unspecified atom stereocenters. The number of halogens is 2. The van der Waals surface area contributed by atoms with Crippen LogP contribution in [0.4, 0.5) is 0 Å². The van der Waals surface area contributed by atoms with Gasteiger partial charge in [-0.25, -0.2) is 0 Å². The maximum absolute atomic E-state index is 11.8. The maximum atomic E-state index is 11.8. The van der Waals surface area contributed by atoms with Gasteiger partial charge >= 0.3 is 0 Å². The summed E-state index contributed by atoms with van der Waals surface area (Å²) in [5.74, 6) is -0.799. The quantitative estimate of drug-likeness (QED) is 0.815. The Morgan fingerprint density at radius 3 is 1.65 bits per heavy atom. The van der Waals surface area contributed by atoms with E-state index in [-0.39, 0.29) is 5.91 Å². The summed E-state index contributed by atoms with van der Waals surface area (Å²) in [6.45, 7) is 0. The minimum absolute atomic E-state index is 0.389. The highest BCUT2D eigenvalue weighted by Gasteiger charge is 2.08. The SMILES string of the molecule is O=C(NNC(=O)c1ccc(Br)cc1)c1ccc(Cl)cc1. The molecule has 0 saturated carbocycles. The van der Waals surface area contributed by atoms with Gasteiger partial charge in [-0.05, 0) is 48.5 Å². The lowest BCUT2D eigenvalue weighted by Crippen LogP contribution is -2.41. The predicted molar refractivity (Wildman–Crippen MR) is 80.5 cm³/mol. The number of carbonyl (C=O) groups excluding carboxylic acids is 2. The molecule has 2 aromatic carbocycles. The van der Waals surface area contributed by atoms with Crippen LogP contribution < -0.4 is 10.9 Å². The summed E-state index contributed by atoms with van der Waals surface area (Å²) in [6.07, 6.45) is 0. The second-order valence-corrected chi connectivity index (χ2v) is 5.27. The molecule has 2 rings (SSSR count). The van der Waals surface area contributed by atoms with E-state index in [2.05, 4.69) is 26.8 Å². The molecule has 0 bridgehead atoms. The summed E-state index contributed by atoms with van der Waals surface area (Å²) in [6, 6.07) is 13.1. The van der Waals surface area contributed by atoms with Crippen molar-refractivity contribution in [2.75, 3.05) is 0 Å². The summed E-state index contributed by atoms with van der Waals surface area (Å²) in [5, 5.41) is 0.542. The fourth-order valence-electron chi connectivity index (χ4n) is 1.46. The van der Waals surface area contributed by atoms with Crippen molar-refractivity contribution in [1.29, 1.82) is 0 Å². The van der Waals surface area contributed by atoms with Crippen LogP contribution in [-0.4, -0.2) is 11.8 Å². The molecule has 0 aromatic heterocycles. The van der Waals surface area contributed by atoms with E-state index in [1.165, 1.54) is 0 Å². The van der Waals surface area contributed by atoms with Gasteiger partial charge < -0.3 is 0 Å². The molecule has 6 heteroatoms. The fourth-order valence-corrected chi connectivity index (χ4v) is 1.85. The van der Waals surface area contributed by atoms with Gasteiger partial charge in [0.2, 0.25) is 0 Å². The van der Waals surface area contributed by atoms with E-state index in [0.29, 0.717) is 16.1 Å². The second kappa shape index (κ2) is 6.54. The fraction of sp³-hybridized carbons (Fsp3) is 0. The van der Waals surface area contributed by atoms with E-state index in [9.17, 15) is 9.59 Å². The molecule has 0 fully saturated rings. The van der Waals surface area contributed by atoms with Gasteiger partial charge in [-0.2, -0.15) is 0 Å². The number of carbonyl (C=O) groups is 2. The van der Waals surface area contributed by atoms with Gasteiger partial charge in [0.1, 0.15) is 0 Å². The average Bonchev–Trinajstić information content (AvgIpc) is 2.46. The number of rotatable bonds is 2. The first-order valence-electron chi connectivity index (χ1n) is 5.68. The number of hydrogen-bond donors (Lipinski definition) is 2. The number of nitrogens with one attached hydrogen (secondary N) is 2. The third-order valence-corrected chi connectivity index (χ3v) is 3.28. The Morgan fingerprint density at radius 1 is 0.800 bits per heavy atom. The van der Waals surface area contributed by atoms with Crippen LogP contribution in [0.2, 0.25) is 5.02 Å². The third kappa shape index (κ3) is 3.82. The van der Waals surface area contributed by atoms with Crippen LogP contribution in [0.25, 0.3) is 0 Å². The van der Waals surface area contributed by atoms with E-state index in [0.717, 1.165) is 4.47 Å². The number of amides is 2. The highest BCUT2D eigenvalue weighted by Crippen LogP contribution is 2.10. The summed E-state index contributed by atoms with van der Waals surface area (Å²) in [4.78, 5) is 23.6.